The molecule has 1 atom stereocenters. The number of benzene rings is 1. The van der Waals surface area contributed by atoms with E-state index in [4.69, 9.17) is 0 Å². The molecule has 0 aliphatic carbocycles. The number of rotatable bonds is 3. The number of carbonyl (C=O) groups excluding carboxylic acids is 3. The Morgan fingerprint density at radius 3 is 2.48 bits per heavy atom. The molecule has 146 valence electrons. The molecule has 0 radical (unpaired) electrons. The van der Waals surface area contributed by atoms with Gasteiger partial charge in [-0.15, -0.1) is 0 Å². The second-order valence-electron chi connectivity index (χ2n) is 7.52. The highest BCUT2D eigenvalue weighted by Crippen LogP contribution is 2.23. The molecule has 6 nitrogen and oxygen atoms in total. The molecule has 2 aliphatic rings. The second kappa shape index (κ2) is 8.06. The normalized spacial score (nSPS) is 21.0. The number of carbonyl (C=O) groups is 3. The maximum absolute atomic E-state index is 13.4. The van der Waals surface area contributed by atoms with E-state index in [1.165, 1.54) is 18.2 Å². The van der Waals surface area contributed by atoms with Crippen LogP contribution < -0.4 is 0 Å². The Kier molecular flexibility index (Phi) is 5.77. The summed E-state index contributed by atoms with van der Waals surface area (Å²) >= 11 is 0. The van der Waals surface area contributed by atoms with E-state index in [-0.39, 0.29) is 36.1 Å². The van der Waals surface area contributed by atoms with Crippen LogP contribution >= 0.6 is 0 Å². The average Bonchev–Trinajstić information content (AvgIpc) is 2.87. The number of halogens is 1. The third-order valence-electron chi connectivity index (χ3n) is 5.30. The summed E-state index contributed by atoms with van der Waals surface area (Å²) in [6.45, 7) is 6.32. The number of hydrogen-bond acceptors (Lipinski definition) is 3. The Balaban J connectivity index is 1.61. The van der Waals surface area contributed by atoms with Crippen LogP contribution in [0.25, 0.3) is 0 Å². The minimum absolute atomic E-state index is 0.00782. The summed E-state index contributed by atoms with van der Waals surface area (Å²) < 4.78 is 13.4. The van der Waals surface area contributed by atoms with Crippen molar-refractivity contribution in [3.8, 4) is 0 Å². The number of nitrogens with zero attached hydrogens (tertiary/aromatic N) is 3. The van der Waals surface area contributed by atoms with E-state index in [0.717, 1.165) is 0 Å². The lowest BCUT2D eigenvalue weighted by Gasteiger charge is -2.25. The smallest absolute Gasteiger partial charge is 0.254 e. The van der Waals surface area contributed by atoms with Crippen LogP contribution in [0.15, 0.2) is 24.3 Å². The van der Waals surface area contributed by atoms with Crippen LogP contribution in [0.3, 0.4) is 0 Å². The first kappa shape index (κ1) is 19.3. The van der Waals surface area contributed by atoms with E-state index in [0.29, 0.717) is 44.7 Å². The first-order valence-corrected chi connectivity index (χ1v) is 9.50. The molecule has 1 unspecified atom stereocenters. The summed E-state index contributed by atoms with van der Waals surface area (Å²) in [7, 11) is 0. The SMILES string of the molecule is CC(C)N1CC(C(=O)N2CCCN(C(=O)c3cccc(F)c3)CC2)CC1=O. The molecular weight excluding hydrogens is 349 g/mol. The molecule has 27 heavy (non-hydrogen) atoms. The van der Waals surface area contributed by atoms with E-state index < -0.39 is 5.82 Å². The Labute approximate surface area is 158 Å². The molecule has 2 saturated heterocycles. The zero-order chi connectivity index (χ0) is 19.6. The van der Waals surface area contributed by atoms with Gasteiger partial charge in [0, 0.05) is 50.7 Å². The summed E-state index contributed by atoms with van der Waals surface area (Å²) in [6, 6.07) is 5.76. The van der Waals surface area contributed by atoms with Crippen molar-refractivity contribution in [1.82, 2.24) is 14.7 Å². The van der Waals surface area contributed by atoms with Gasteiger partial charge in [0.25, 0.3) is 5.91 Å². The second-order valence-corrected chi connectivity index (χ2v) is 7.52. The molecule has 3 rings (SSSR count). The van der Waals surface area contributed by atoms with Crippen LogP contribution in [-0.4, -0.2) is 71.2 Å². The molecule has 0 N–H and O–H groups in total. The largest absolute Gasteiger partial charge is 0.341 e. The van der Waals surface area contributed by atoms with Crippen molar-refractivity contribution >= 4 is 17.7 Å². The molecule has 2 heterocycles. The van der Waals surface area contributed by atoms with Gasteiger partial charge < -0.3 is 14.7 Å². The molecule has 0 spiro atoms. The van der Waals surface area contributed by atoms with Crippen molar-refractivity contribution in [2.75, 3.05) is 32.7 Å². The fourth-order valence-electron chi connectivity index (χ4n) is 3.80. The predicted octanol–water partition coefficient (Wildman–Crippen LogP) is 1.76. The van der Waals surface area contributed by atoms with E-state index >= 15 is 0 Å². The van der Waals surface area contributed by atoms with E-state index in [1.807, 2.05) is 13.8 Å². The van der Waals surface area contributed by atoms with Crippen molar-refractivity contribution in [2.24, 2.45) is 5.92 Å². The van der Waals surface area contributed by atoms with Gasteiger partial charge in [-0.2, -0.15) is 0 Å². The van der Waals surface area contributed by atoms with Crippen LogP contribution in [0, 0.1) is 11.7 Å². The number of hydrogen-bond donors (Lipinski definition) is 0. The lowest BCUT2D eigenvalue weighted by atomic mass is 10.1. The first-order chi connectivity index (χ1) is 12.9. The Hall–Kier alpha value is -2.44. The highest BCUT2D eigenvalue weighted by molar-refractivity contribution is 5.94. The maximum atomic E-state index is 13.4. The van der Waals surface area contributed by atoms with Gasteiger partial charge in [-0.05, 0) is 38.5 Å². The minimum Gasteiger partial charge on any atom is -0.341 e. The van der Waals surface area contributed by atoms with Crippen molar-refractivity contribution in [1.29, 1.82) is 0 Å². The molecule has 0 bridgehead atoms. The molecule has 0 aromatic heterocycles. The highest BCUT2D eigenvalue weighted by atomic mass is 19.1. The molecular formula is C20H26FN3O3. The molecule has 2 fully saturated rings. The van der Waals surface area contributed by atoms with Gasteiger partial charge in [0.15, 0.2) is 0 Å². The van der Waals surface area contributed by atoms with Crippen LogP contribution in [0.5, 0.6) is 0 Å². The molecule has 2 aliphatic heterocycles. The molecule has 1 aromatic rings. The lowest BCUT2D eigenvalue weighted by Crippen LogP contribution is -2.41. The summed E-state index contributed by atoms with van der Waals surface area (Å²) in [4.78, 5) is 42.7. The van der Waals surface area contributed by atoms with Crippen molar-refractivity contribution in [2.45, 2.75) is 32.7 Å². The Bertz CT molecular complexity index is 737. The third kappa shape index (κ3) is 4.28. The van der Waals surface area contributed by atoms with Gasteiger partial charge in [-0.1, -0.05) is 6.07 Å². The quantitative estimate of drug-likeness (QED) is 0.809. The van der Waals surface area contributed by atoms with Gasteiger partial charge >= 0.3 is 0 Å². The van der Waals surface area contributed by atoms with E-state index in [9.17, 15) is 18.8 Å². The summed E-state index contributed by atoms with van der Waals surface area (Å²) in [5, 5.41) is 0. The highest BCUT2D eigenvalue weighted by Gasteiger charge is 2.38. The zero-order valence-electron chi connectivity index (χ0n) is 15.9. The molecule has 7 heteroatoms. The number of amides is 3. The Morgan fingerprint density at radius 1 is 1.11 bits per heavy atom. The summed E-state index contributed by atoms with van der Waals surface area (Å²) in [6.07, 6.45) is 0.931. The standard InChI is InChI=1S/C20H26FN3O3/c1-14(2)24-13-16(12-18(24)25)20(27)23-8-4-7-22(9-10-23)19(26)15-5-3-6-17(21)11-15/h3,5-6,11,14,16H,4,7-10,12-13H2,1-2H3. The third-order valence-corrected chi connectivity index (χ3v) is 5.30. The first-order valence-electron chi connectivity index (χ1n) is 9.50. The minimum atomic E-state index is -0.437. The Morgan fingerprint density at radius 2 is 1.81 bits per heavy atom. The van der Waals surface area contributed by atoms with Gasteiger partial charge in [0.1, 0.15) is 5.82 Å². The summed E-state index contributed by atoms with van der Waals surface area (Å²) in [5.74, 6) is -0.933. The molecule has 0 saturated carbocycles. The lowest BCUT2D eigenvalue weighted by molar-refractivity contribution is -0.135. The average molecular weight is 375 g/mol. The monoisotopic (exact) mass is 375 g/mol. The van der Waals surface area contributed by atoms with Crippen LogP contribution in [0.1, 0.15) is 37.0 Å². The number of likely N-dealkylation sites (tertiary alicyclic amines) is 1. The van der Waals surface area contributed by atoms with Gasteiger partial charge in [-0.25, -0.2) is 4.39 Å². The van der Waals surface area contributed by atoms with Gasteiger partial charge in [0.05, 0.1) is 5.92 Å². The van der Waals surface area contributed by atoms with Gasteiger partial charge in [-0.3, -0.25) is 14.4 Å². The van der Waals surface area contributed by atoms with Crippen LogP contribution in [-0.2, 0) is 9.59 Å². The fraction of sp³-hybridized carbons (Fsp3) is 0.550. The van der Waals surface area contributed by atoms with Gasteiger partial charge in [0.2, 0.25) is 11.8 Å². The summed E-state index contributed by atoms with van der Waals surface area (Å²) in [5.41, 5.74) is 0.323. The van der Waals surface area contributed by atoms with Crippen molar-refractivity contribution in [3.63, 3.8) is 0 Å². The van der Waals surface area contributed by atoms with E-state index in [2.05, 4.69) is 0 Å². The maximum Gasteiger partial charge on any atom is 0.254 e. The van der Waals surface area contributed by atoms with E-state index in [1.54, 1.807) is 20.8 Å². The topological polar surface area (TPSA) is 60.9 Å². The van der Waals surface area contributed by atoms with Crippen LogP contribution in [0.2, 0.25) is 0 Å². The predicted molar refractivity (Wildman–Crippen MR) is 98.5 cm³/mol. The van der Waals surface area contributed by atoms with Crippen molar-refractivity contribution in [3.05, 3.63) is 35.6 Å². The fourth-order valence-corrected chi connectivity index (χ4v) is 3.80. The molecule has 3 amide bonds. The van der Waals surface area contributed by atoms with Crippen LogP contribution in [0.4, 0.5) is 4.39 Å². The molecule has 1 aromatic carbocycles. The zero-order valence-corrected chi connectivity index (χ0v) is 15.9. The van der Waals surface area contributed by atoms with Crippen molar-refractivity contribution < 1.29 is 18.8 Å².